The third-order valence-electron chi connectivity index (χ3n) is 3.54. The van der Waals surface area contributed by atoms with Crippen molar-refractivity contribution in [3.05, 3.63) is 39.6 Å². The van der Waals surface area contributed by atoms with Gasteiger partial charge in [-0.1, -0.05) is 6.07 Å². The van der Waals surface area contributed by atoms with Crippen molar-refractivity contribution < 1.29 is 9.90 Å². The molecule has 3 N–H and O–H groups in total. The lowest BCUT2D eigenvalue weighted by molar-refractivity contribution is 0.0951. The normalized spacial score (nSPS) is 16.4. The molecular weight excluding hydrogens is 274 g/mol. The zero-order valence-corrected chi connectivity index (χ0v) is 11.9. The molecule has 1 aliphatic heterocycles. The summed E-state index contributed by atoms with van der Waals surface area (Å²) in [5.41, 5.74) is 1.38. The first-order valence-corrected chi connectivity index (χ1v) is 7.66. The number of carbonyl (C=O) groups excluding carboxylic acids is 1. The van der Waals surface area contributed by atoms with Crippen molar-refractivity contribution in [2.75, 3.05) is 13.2 Å². The second-order valence-electron chi connectivity index (χ2n) is 4.97. The van der Waals surface area contributed by atoms with Gasteiger partial charge in [0.05, 0.1) is 6.61 Å². The lowest BCUT2D eigenvalue weighted by Gasteiger charge is -2.10. The van der Waals surface area contributed by atoms with Crippen molar-refractivity contribution in [1.82, 2.24) is 15.3 Å². The van der Waals surface area contributed by atoms with E-state index in [9.17, 15) is 9.90 Å². The summed E-state index contributed by atoms with van der Waals surface area (Å²) in [5, 5.41) is 14.5. The van der Waals surface area contributed by atoms with E-state index in [1.165, 1.54) is 4.88 Å². The van der Waals surface area contributed by atoms with Gasteiger partial charge in [-0.25, -0.2) is 4.98 Å². The van der Waals surface area contributed by atoms with E-state index < -0.39 is 0 Å². The molecule has 106 valence electrons. The number of nitrogens with zero attached hydrogens (tertiary/aromatic N) is 1. The predicted molar refractivity (Wildman–Crippen MR) is 77.1 cm³/mol. The number of rotatable bonds is 4. The molecule has 2 aromatic heterocycles. The maximum Gasteiger partial charge on any atom is 0.271 e. The monoisotopic (exact) mass is 291 g/mol. The molecule has 0 aliphatic carbocycles. The molecule has 6 heteroatoms. The van der Waals surface area contributed by atoms with E-state index in [1.54, 1.807) is 11.3 Å². The van der Waals surface area contributed by atoms with Gasteiger partial charge in [-0.3, -0.25) is 4.79 Å². The van der Waals surface area contributed by atoms with Crippen LogP contribution in [0.15, 0.2) is 17.5 Å². The second kappa shape index (κ2) is 5.76. The van der Waals surface area contributed by atoms with Crippen LogP contribution >= 0.6 is 11.3 Å². The summed E-state index contributed by atoms with van der Waals surface area (Å²) in [6.07, 6.45) is 2.47. The van der Waals surface area contributed by atoms with Gasteiger partial charge >= 0.3 is 0 Å². The molecule has 0 bridgehead atoms. The molecule has 2 aromatic rings. The Kier molecular flexibility index (Phi) is 3.84. The number of aliphatic hydroxyl groups is 1. The molecule has 0 radical (unpaired) electrons. The standard InChI is InChI=1S/C14H17N3O2S/c18-8-9(7-10-3-2-6-20-10)13-16-11-4-1-5-15-14(19)12(11)17-13/h2-3,6,9,18H,1,4-5,7-8H2,(H,15,19)(H,16,17). The van der Waals surface area contributed by atoms with Crippen LogP contribution in [0.5, 0.6) is 0 Å². The SMILES string of the molecule is O=C1NCCCc2[nH]c(C(CO)Cc3cccs3)nc21. The Morgan fingerprint density at radius 3 is 3.15 bits per heavy atom. The van der Waals surface area contributed by atoms with Gasteiger partial charge in [0, 0.05) is 23.0 Å². The lowest BCUT2D eigenvalue weighted by Crippen LogP contribution is -2.23. The number of H-pyrrole nitrogens is 1. The van der Waals surface area contributed by atoms with Crippen LogP contribution in [0.25, 0.3) is 0 Å². The average Bonchev–Trinajstić information content (AvgIpc) is 3.07. The molecule has 0 fully saturated rings. The van der Waals surface area contributed by atoms with Crippen LogP contribution in [0.3, 0.4) is 0 Å². The van der Waals surface area contributed by atoms with Gasteiger partial charge in [-0.2, -0.15) is 0 Å². The van der Waals surface area contributed by atoms with Crippen LogP contribution in [0.2, 0.25) is 0 Å². The summed E-state index contributed by atoms with van der Waals surface area (Å²) < 4.78 is 0. The van der Waals surface area contributed by atoms with Crippen molar-refractivity contribution in [3.8, 4) is 0 Å². The molecular formula is C14H17N3O2S. The number of imidazole rings is 1. The minimum atomic E-state index is -0.118. The highest BCUT2D eigenvalue weighted by Gasteiger charge is 2.23. The van der Waals surface area contributed by atoms with Crippen molar-refractivity contribution >= 4 is 17.2 Å². The first-order valence-electron chi connectivity index (χ1n) is 6.78. The van der Waals surface area contributed by atoms with E-state index in [0.29, 0.717) is 18.1 Å². The maximum absolute atomic E-state index is 11.9. The number of aromatic nitrogens is 2. The van der Waals surface area contributed by atoms with E-state index in [2.05, 4.69) is 15.3 Å². The number of nitrogens with one attached hydrogen (secondary N) is 2. The van der Waals surface area contributed by atoms with E-state index in [-0.39, 0.29) is 18.4 Å². The summed E-state index contributed by atoms with van der Waals surface area (Å²) in [6, 6.07) is 4.05. The van der Waals surface area contributed by atoms with Crippen LogP contribution in [-0.2, 0) is 12.8 Å². The molecule has 20 heavy (non-hydrogen) atoms. The fraction of sp³-hybridized carbons (Fsp3) is 0.429. The fourth-order valence-electron chi connectivity index (χ4n) is 2.46. The zero-order chi connectivity index (χ0) is 13.9. The smallest absolute Gasteiger partial charge is 0.271 e. The van der Waals surface area contributed by atoms with Crippen LogP contribution in [0, 0.1) is 0 Å². The van der Waals surface area contributed by atoms with Gasteiger partial charge in [0.25, 0.3) is 5.91 Å². The van der Waals surface area contributed by atoms with E-state index in [0.717, 1.165) is 25.0 Å². The number of aromatic amines is 1. The molecule has 3 rings (SSSR count). The molecule has 0 aromatic carbocycles. The number of hydrogen-bond acceptors (Lipinski definition) is 4. The topological polar surface area (TPSA) is 78.0 Å². The summed E-state index contributed by atoms with van der Waals surface area (Å²) in [5.74, 6) is 0.504. The minimum Gasteiger partial charge on any atom is -0.396 e. The highest BCUT2D eigenvalue weighted by atomic mass is 32.1. The molecule has 1 unspecified atom stereocenters. The van der Waals surface area contributed by atoms with E-state index >= 15 is 0 Å². The van der Waals surface area contributed by atoms with Gasteiger partial charge in [-0.15, -0.1) is 11.3 Å². The second-order valence-corrected chi connectivity index (χ2v) is 6.00. The zero-order valence-electron chi connectivity index (χ0n) is 11.1. The highest BCUT2D eigenvalue weighted by molar-refractivity contribution is 7.09. The quantitative estimate of drug-likeness (QED) is 0.798. The van der Waals surface area contributed by atoms with Gasteiger partial charge in [-0.05, 0) is 30.7 Å². The number of hydrogen-bond donors (Lipinski definition) is 3. The Labute approximate surface area is 121 Å². The van der Waals surface area contributed by atoms with Crippen LogP contribution in [0.4, 0.5) is 0 Å². The maximum atomic E-state index is 11.9. The van der Waals surface area contributed by atoms with Crippen LogP contribution in [-0.4, -0.2) is 34.1 Å². The summed E-state index contributed by atoms with van der Waals surface area (Å²) in [7, 11) is 0. The molecule has 1 amide bonds. The van der Waals surface area contributed by atoms with E-state index in [4.69, 9.17) is 0 Å². The van der Waals surface area contributed by atoms with Crippen molar-refractivity contribution in [2.45, 2.75) is 25.2 Å². The van der Waals surface area contributed by atoms with Crippen molar-refractivity contribution in [3.63, 3.8) is 0 Å². The Morgan fingerprint density at radius 2 is 2.40 bits per heavy atom. The van der Waals surface area contributed by atoms with Crippen molar-refractivity contribution in [2.24, 2.45) is 0 Å². The summed E-state index contributed by atoms with van der Waals surface area (Å²) in [4.78, 5) is 20.8. The van der Waals surface area contributed by atoms with Crippen LogP contribution < -0.4 is 5.32 Å². The molecule has 5 nitrogen and oxygen atoms in total. The van der Waals surface area contributed by atoms with Gasteiger partial charge < -0.3 is 15.4 Å². The summed E-state index contributed by atoms with van der Waals surface area (Å²) in [6.45, 7) is 0.711. The molecule has 3 heterocycles. The highest BCUT2D eigenvalue weighted by Crippen LogP contribution is 2.23. The number of carbonyl (C=O) groups is 1. The Hall–Kier alpha value is -1.66. The Bertz CT molecular complexity index is 592. The summed E-state index contributed by atoms with van der Waals surface area (Å²) >= 11 is 1.67. The number of aryl methyl sites for hydroxylation is 1. The molecule has 0 spiro atoms. The third-order valence-corrected chi connectivity index (χ3v) is 4.43. The average molecular weight is 291 g/mol. The number of amides is 1. The Morgan fingerprint density at radius 1 is 1.50 bits per heavy atom. The number of aliphatic hydroxyl groups excluding tert-OH is 1. The molecule has 0 saturated heterocycles. The van der Waals surface area contributed by atoms with E-state index in [1.807, 2.05) is 17.5 Å². The van der Waals surface area contributed by atoms with Gasteiger partial charge in [0.2, 0.25) is 0 Å². The minimum absolute atomic E-state index is 0.0198. The first kappa shape index (κ1) is 13.3. The lowest BCUT2D eigenvalue weighted by atomic mass is 10.1. The first-order chi connectivity index (χ1) is 9.78. The Balaban J connectivity index is 1.85. The third kappa shape index (κ3) is 2.62. The largest absolute Gasteiger partial charge is 0.396 e. The van der Waals surface area contributed by atoms with Crippen molar-refractivity contribution in [1.29, 1.82) is 0 Å². The van der Waals surface area contributed by atoms with Gasteiger partial charge in [0.1, 0.15) is 11.5 Å². The molecule has 0 saturated carbocycles. The van der Waals surface area contributed by atoms with Crippen LogP contribution in [0.1, 0.15) is 39.2 Å². The fourth-order valence-corrected chi connectivity index (χ4v) is 3.25. The number of thiophene rings is 1. The molecule has 1 aliphatic rings. The predicted octanol–water partition coefficient (Wildman–Crippen LogP) is 1.47. The number of fused-ring (bicyclic) bond motifs is 1. The van der Waals surface area contributed by atoms with Gasteiger partial charge in [0.15, 0.2) is 0 Å². The molecule has 1 atom stereocenters.